The lowest BCUT2D eigenvalue weighted by Crippen LogP contribution is -2.47. The molecule has 3 rings (SSSR count). The van der Waals surface area contributed by atoms with Gasteiger partial charge in [-0.1, -0.05) is 0 Å². The van der Waals surface area contributed by atoms with E-state index in [1.54, 1.807) is 6.33 Å². The van der Waals surface area contributed by atoms with Crippen LogP contribution in [-0.4, -0.2) is 45.1 Å². The van der Waals surface area contributed by atoms with Gasteiger partial charge in [0.05, 0.1) is 12.2 Å². The van der Waals surface area contributed by atoms with Crippen molar-refractivity contribution >= 4 is 12.0 Å². The van der Waals surface area contributed by atoms with E-state index in [2.05, 4.69) is 15.3 Å². The molecule has 2 aliphatic rings. The average molecular weight is 346 g/mol. The van der Waals surface area contributed by atoms with E-state index in [9.17, 15) is 9.59 Å². The molecule has 1 aliphatic carbocycles. The molecule has 136 valence electrons. The average Bonchev–Trinajstić information content (AvgIpc) is 3.27. The van der Waals surface area contributed by atoms with Crippen LogP contribution in [0.1, 0.15) is 63.8 Å². The molecule has 1 aliphatic heterocycles. The first kappa shape index (κ1) is 17.6. The molecule has 1 saturated heterocycles. The zero-order valence-electron chi connectivity index (χ0n) is 15.1. The van der Waals surface area contributed by atoms with Gasteiger partial charge in [0.15, 0.2) is 0 Å². The van der Waals surface area contributed by atoms with Crippen molar-refractivity contribution < 1.29 is 14.3 Å². The van der Waals surface area contributed by atoms with Crippen molar-refractivity contribution in [3.05, 3.63) is 23.8 Å². The first-order chi connectivity index (χ1) is 11.8. The van der Waals surface area contributed by atoms with Gasteiger partial charge in [0.2, 0.25) is 5.91 Å². The summed E-state index contributed by atoms with van der Waals surface area (Å²) in [5, 5.41) is 2.90. The van der Waals surface area contributed by atoms with E-state index in [4.69, 9.17) is 4.74 Å². The molecule has 1 atom stereocenters. The van der Waals surface area contributed by atoms with E-state index in [0.717, 1.165) is 17.8 Å². The fraction of sp³-hybridized carbons (Fsp3) is 0.667. The van der Waals surface area contributed by atoms with E-state index < -0.39 is 17.7 Å². The van der Waals surface area contributed by atoms with Crippen molar-refractivity contribution in [2.45, 2.75) is 70.6 Å². The summed E-state index contributed by atoms with van der Waals surface area (Å²) >= 11 is 0. The van der Waals surface area contributed by atoms with E-state index in [0.29, 0.717) is 25.4 Å². The topological polar surface area (TPSA) is 84.4 Å². The SMILES string of the molecule is CC(C)(C)OC(=O)N1CCCC1C(=O)NCc1cc(C2CC2)ncn1. The molecule has 7 nitrogen and oxygen atoms in total. The lowest BCUT2D eigenvalue weighted by molar-refractivity contribution is -0.125. The molecule has 1 aromatic rings. The predicted octanol–water partition coefficient (Wildman–Crippen LogP) is 2.37. The maximum atomic E-state index is 12.5. The van der Waals surface area contributed by atoms with Crippen LogP contribution in [0.4, 0.5) is 4.79 Å². The van der Waals surface area contributed by atoms with E-state index in [1.165, 1.54) is 17.7 Å². The molecule has 0 aromatic carbocycles. The molecule has 0 radical (unpaired) electrons. The van der Waals surface area contributed by atoms with Crippen molar-refractivity contribution in [3.8, 4) is 0 Å². The second-order valence-electron chi connectivity index (χ2n) is 7.76. The van der Waals surface area contributed by atoms with Crippen LogP contribution in [0.2, 0.25) is 0 Å². The van der Waals surface area contributed by atoms with Gasteiger partial charge < -0.3 is 10.1 Å². The second-order valence-corrected chi connectivity index (χ2v) is 7.76. The summed E-state index contributed by atoms with van der Waals surface area (Å²) in [5.74, 6) is 0.393. The number of aromatic nitrogens is 2. The zero-order valence-corrected chi connectivity index (χ0v) is 15.1. The Labute approximate surface area is 148 Å². The van der Waals surface area contributed by atoms with Gasteiger partial charge in [0.1, 0.15) is 18.0 Å². The Morgan fingerprint density at radius 3 is 2.72 bits per heavy atom. The van der Waals surface area contributed by atoms with Crippen LogP contribution in [0, 0.1) is 0 Å². The predicted molar refractivity (Wildman–Crippen MR) is 91.8 cm³/mol. The van der Waals surface area contributed by atoms with Gasteiger partial charge in [0.25, 0.3) is 0 Å². The van der Waals surface area contributed by atoms with Crippen LogP contribution in [0.3, 0.4) is 0 Å². The molecule has 25 heavy (non-hydrogen) atoms. The Kier molecular flexibility index (Phi) is 4.92. The first-order valence-electron chi connectivity index (χ1n) is 8.91. The van der Waals surface area contributed by atoms with Crippen LogP contribution in [0.5, 0.6) is 0 Å². The minimum Gasteiger partial charge on any atom is -0.444 e. The monoisotopic (exact) mass is 346 g/mol. The Bertz CT molecular complexity index is 652. The zero-order chi connectivity index (χ0) is 18.0. The van der Waals surface area contributed by atoms with Crippen LogP contribution in [0.15, 0.2) is 12.4 Å². The van der Waals surface area contributed by atoms with Gasteiger partial charge in [0, 0.05) is 18.2 Å². The first-order valence-corrected chi connectivity index (χ1v) is 8.91. The molecule has 0 spiro atoms. The van der Waals surface area contributed by atoms with Crippen LogP contribution in [-0.2, 0) is 16.1 Å². The fourth-order valence-electron chi connectivity index (χ4n) is 2.99. The third-order valence-electron chi connectivity index (χ3n) is 4.37. The van der Waals surface area contributed by atoms with Gasteiger partial charge >= 0.3 is 6.09 Å². The van der Waals surface area contributed by atoms with Crippen molar-refractivity contribution in [3.63, 3.8) is 0 Å². The Morgan fingerprint density at radius 2 is 2.04 bits per heavy atom. The quantitative estimate of drug-likeness (QED) is 0.905. The standard InChI is InChI=1S/C18H26N4O3/c1-18(2,3)25-17(24)22-8-4-5-15(22)16(23)19-10-13-9-14(12-6-7-12)21-11-20-13/h9,11-12,15H,4-8,10H2,1-3H3,(H,19,23). The molecule has 2 amide bonds. The molecule has 1 unspecified atom stereocenters. The summed E-state index contributed by atoms with van der Waals surface area (Å²) in [6.07, 6.45) is 4.94. The van der Waals surface area contributed by atoms with E-state index in [-0.39, 0.29) is 5.91 Å². The molecule has 2 fully saturated rings. The lowest BCUT2D eigenvalue weighted by atomic mass is 10.2. The summed E-state index contributed by atoms with van der Waals surface area (Å²) in [6.45, 7) is 6.36. The molecule has 1 N–H and O–H groups in total. The number of amides is 2. The number of ether oxygens (including phenoxy) is 1. The normalized spacial score (nSPS) is 20.4. The van der Waals surface area contributed by atoms with Gasteiger partial charge in [-0.3, -0.25) is 9.69 Å². The third-order valence-corrected chi connectivity index (χ3v) is 4.37. The van der Waals surface area contributed by atoms with Crippen LogP contribution < -0.4 is 5.32 Å². The highest BCUT2D eigenvalue weighted by Gasteiger charge is 2.36. The number of likely N-dealkylation sites (tertiary alicyclic amines) is 1. The Morgan fingerprint density at radius 1 is 1.28 bits per heavy atom. The molecular weight excluding hydrogens is 320 g/mol. The minimum atomic E-state index is -0.569. The van der Waals surface area contributed by atoms with Gasteiger partial charge in [-0.05, 0) is 52.5 Å². The minimum absolute atomic E-state index is 0.157. The van der Waals surface area contributed by atoms with Crippen molar-refractivity contribution in [2.75, 3.05) is 6.54 Å². The maximum absolute atomic E-state index is 12.5. The summed E-state index contributed by atoms with van der Waals surface area (Å²) < 4.78 is 5.40. The van der Waals surface area contributed by atoms with E-state index >= 15 is 0 Å². The number of hydrogen-bond acceptors (Lipinski definition) is 5. The van der Waals surface area contributed by atoms with Gasteiger partial charge in [-0.15, -0.1) is 0 Å². The number of rotatable bonds is 4. The summed E-state index contributed by atoms with van der Waals surface area (Å²) in [4.78, 5) is 34.8. The Hall–Kier alpha value is -2.18. The third kappa shape index (κ3) is 4.67. The van der Waals surface area contributed by atoms with Gasteiger partial charge in [-0.2, -0.15) is 0 Å². The molecule has 7 heteroatoms. The molecule has 1 saturated carbocycles. The van der Waals surface area contributed by atoms with Crippen LogP contribution >= 0.6 is 0 Å². The van der Waals surface area contributed by atoms with Crippen molar-refractivity contribution in [1.82, 2.24) is 20.2 Å². The second kappa shape index (κ2) is 6.98. The molecule has 2 heterocycles. The number of carbonyl (C=O) groups is 2. The fourth-order valence-corrected chi connectivity index (χ4v) is 2.99. The molecule has 0 bridgehead atoms. The maximum Gasteiger partial charge on any atom is 0.410 e. The number of nitrogens with zero attached hydrogens (tertiary/aromatic N) is 3. The highest BCUT2D eigenvalue weighted by molar-refractivity contribution is 5.86. The highest BCUT2D eigenvalue weighted by atomic mass is 16.6. The van der Waals surface area contributed by atoms with Gasteiger partial charge in [-0.25, -0.2) is 14.8 Å². The smallest absolute Gasteiger partial charge is 0.410 e. The molecule has 1 aromatic heterocycles. The van der Waals surface area contributed by atoms with E-state index in [1.807, 2.05) is 26.8 Å². The largest absolute Gasteiger partial charge is 0.444 e. The number of carbonyl (C=O) groups excluding carboxylic acids is 2. The highest BCUT2D eigenvalue weighted by Crippen LogP contribution is 2.38. The van der Waals surface area contributed by atoms with Crippen molar-refractivity contribution in [2.24, 2.45) is 0 Å². The summed E-state index contributed by atoms with van der Waals surface area (Å²) in [7, 11) is 0. The lowest BCUT2D eigenvalue weighted by Gasteiger charge is -2.28. The Balaban J connectivity index is 1.56. The molecular formula is C18H26N4O3. The van der Waals surface area contributed by atoms with Crippen LogP contribution in [0.25, 0.3) is 0 Å². The summed E-state index contributed by atoms with van der Waals surface area (Å²) in [6, 6.07) is 1.48. The van der Waals surface area contributed by atoms with Crippen molar-refractivity contribution in [1.29, 1.82) is 0 Å². The summed E-state index contributed by atoms with van der Waals surface area (Å²) in [5.41, 5.74) is 1.28. The number of hydrogen-bond donors (Lipinski definition) is 1. The number of nitrogens with one attached hydrogen (secondary N) is 1.